The molecule has 1 N–H and O–H groups in total. The maximum atomic E-state index is 4.52. The van der Waals surface area contributed by atoms with Gasteiger partial charge in [-0.25, -0.2) is 4.68 Å². The normalized spacial score (nSPS) is 10.7. The zero-order chi connectivity index (χ0) is 14.7. The van der Waals surface area contributed by atoms with Crippen molar-refractivity contribution >= 4 is 27.8 Å². The standard InChI is InChI=1S/C11H17BrN8/c1-5-20(6-2)11-15-9(14-10(13-3)16-11)7-8(12)17-18-19(7)4/h5-6H2,1-4H3,(H,13,14,15,16). The van der Waals surface area contributed by atoms with Crippen LogP contribution in [0.3, 0.4) is 0 Å². The van der Waals surface area contributed by atoms with Crippen molar-refractivity contribution in [1.29, 1.82) is 0 Å². The van der Waals surface area contributed by atoms with Crippen molar-refractivity contribution in [1.82, 2.24) is 29.9 Å². The van der Waals surface area contributed by atoms with E-state index in [9.17, 15) is 0 Å². The molecule has 2 aromatic rings. The van der Waals surface area contributed by atoms with Crippen molar-refractivity contribution in [2.75, 3.05) is 30.4 Å². The Hall–Kier alpha value is -1.77. The van der Waals surface area contributed by atoms with Gasteiger partial charge in [0.1, 0.15) is 5.69 Å². The number of anilines is 2. The predicted molar refractivity (Wildman–Crippen MR) is 80.6 cm³/mol. The highest BCUT2D eigenvalue weighted by atomic mass is 79.9. The topological polar surface area (TPSA) is 84.7 Å². The van der Waals surface area contributed by atoms with Crippen LogP contribution in [0.2, 0.25) is 0 Å². The van der Waals surface area contributed by atoms with Crippen LogP contribution in [-0.2, 0) is 7.05 Å². The molecular weight excluding hydrogens is 324 g/mol. The number of halogens is 1. The number of nitrogens with zero attached hydrogens (tertiary/aromatic N) is 7. The van der Waals surface area contributed by atoms with Crippen molar-refractivity contribution < 1.29 is 0 Å². The highest BCUT2D eigenvalue weighted by Gasteiger charge is 2.17. The Morgan fingerprint density at radius 2 is 1.90 bits per heavy atom. The van der Waals surface area contributed by atoms with Crippen LogP contribution in [-0.4, -0.2) is 50.1 Å². The monoisotopic (exact) mass is 340 g/mol. The lowest BCUT2D eigenvalue weighted by atomic mass is 10.4. The summed E-state index contributed by atoms with van der Waals surface area (Å²) in [6, 6.07) is 0. The summed E-state index contributed by atoms with van der Waals surface area (Å²) in [5.41, 5.74) is 0.720. The molecule has 0 aliphatic rings. The second-order valence-electron chi connectivity index (χ2n) is 4.06. The summed E-state index contributed by atoms with van der Waals surface area (Å²) in [4.78, 5) is 15.3. The predicted octanol–water partition coefficient (Wildman–Crippen LogP) is 1.32. The Labute approximate surface area is 125 Å². The van der Waals surface area contributed by atoms with Crippen molar-refractivity contribution in [3.8, 4) is 11.5 Å². The van der Waals surface area contributed by atoms with E-state index in [2.05, 4.69) is 65.3 Å². The molecule has 0 amide bonds. The summed E-state index contributed by atoms with van der Waals surface area (Å²) in [5, 5.41) is 10.9. The summed E-state index contributed by atoms with van der Waals surface area (Å²) in [6.45, 7) is 5.78. The van der Waals surface area contributed by atoms with E-state index in [4.69, 9.17) is 0 Å². The Morgan fingerprint density at radius 1 is 1.20 bits per heavy atom. The first-order valence-electron chi connectivity index (χ1n) is 6.35. The average Bonchev–Trinajstić information content (AvgIpc) is 2.79. The van der Waals surface area contributed by atoms with Gasteiger partial charge in [-0.15, -0.1) is 5.10 Å². The number of aryl methyl sites for hydroxylation is 1. The molecule has 108 valence electrons. The number of aromatic nitrogens is 6. The molecule has 9 heteroatoms. The minimum absolute atomic E-state index is 0.519. The molecule has 8 nitrogen and oxygen atoms in total. The van der Waals surface area contributed by atoms with Gasteiger partial charge < -0.3 is 10.2 Å². The molecule has 0 spiro atoms. The van der Waals surface area contributed by atoms with Crippen LogP contribution in [0, 0.1) is 0 Å². The maximum Gasteiger partial charge on any atom is 0.230 e. The Kier molecular flexibility index (Phi) is 4.48. The molecule has 2 aromatic heterocycles. The lowest BCUT2D eigenvalue weighted by Gasteiger charge is -2.19. The van der Waals surface area contributed by atoms with Crippen molar-refractivity contribution in [2.45, 2.75) is 13.8 Å². The van der Waals surface area contributed by atoms with Crippen LogP contribution in [0.15, 0.2) is 4.60 Å². The van der Waals surface area contributed by atoms with Gasteiger partial charge in [0.25, 0.3) is 0 Å². The molecule has 0 saturated heterocycles. The smallest absolute Gasteiger partial charge is 0.230 e. The van der Waals surface area contributed by atoms with Gasteiger partial charge in [-0.3, -0.25) is 0 Å². The molecule has 0 atom stereocenters. The van der Waals surface area contributed by atoms with Crippen LogP contribution in [0.1, 0.15) is 13.8 Å². The van der Waals surface area contributed by atoms with Gasteiger partial charge in [0.05, 0.1) is 0 Å². The van der Waals surface area contributed by atoms with E-state index in [1.807, 2.05) is 0 Å². The molecule has 0 bridgehead atoms. The summed E-state index contributed by atoms with van der Waals surface area (Å²) < 4.78 is 2.24. The summed E-state index contributed by atoms with van der Waals surface area (Å²) in [5.74, 6) is 1.69. The van der Waals surface area contributed by atoms with Crippen LogP contribution < -0.4 is 10.2 Å². The van der Waals surface area contributed by atoms with E-state index in [0.29, 0.717) is 22.3 Å². The van der Waals surface area contributed by atoms with Gasteiger partial charge in [0.15, 0.2) is 10.4 Å². The first-order chi connectivity index (χ1) is 9.60. The lowest BCUT2D eigenvalue weighted by Crippen LogP contribution is -2.25. The Morgan fingerprint density at radius 3 is 2.40 bits per heavy atom. The molecule has 0 saturated carbocycles. The fourth-order valence-corrected chi connectivity index (χ4v) is 2.30. The van der Waals surface area contributed by atoms with Gasteiger partial charge in [0.2, 0.25) is 11.9 Å². The third kappa shape index (κ3) is 2.72. The van der Waals surface area contributed by atoms with E-state index in [1.54, 1.807) is 18.8 Å². The molecule has 0 radical (unpaired) electrons. The minimum Gasteiger partial charge on any atom is -0.357 e. The fraction of sp³-hybridized carbons (Fsp3) is 0.545. The van der Waals surface area contributed by atoms with Crippen LogP contribution in [0.4, 0.5) is 11.9 Å². The van der Waals surface area contributed by atoms with E-state index in [-0.39, 0.29) is 0 Å². The number of hydrogen-bond donors (Lipinski definition) is 1. The van der Waals surface area contributed by atoms with Crippen molar-refractivity contribution in [2.24, 2.45) is 7.05 Å². The quantitative estimate of drug-likeness (QED) is 0.878. The Bertz CT molecular complexity index is 573. The third-order valence-electron chi connectivity index (χ3n) is 2.89. The molecular formula is C11H17BrN8. The SMILES string of the molecule is CCN(CC)c1nc(NC)nc(-c2c(Br)nnn2C)n1. The van der Waals surface area contributed by atoms with Gasteiger partial charge >= 0.3 is 0 Å². The lowest BCUT2D eigenvalue weighted by molar-refractivity contribution is 0.715. The zero-order valence-electron chi connectivity index (χ0n) is 11.9. The Balaban J connectivity index is 2.56. The first-order valence-corrected chi connectivity index (χ1v) is 7.14. The summed E-state index contributed by atoms with van der Waals surface area (Å²) >= 11 is 3.37. The third-order valence-corrected chi connectivity index (χ3v) is 3.43. The van der Waals surface area contributed by atoms with Crippen LogP contribution >= 0.6 is 15.9 Å². The largest absolute Gasteiger partial charge is 0.357 e. The van der Waals surface area contributed by atoms with E-state index < -0.39 is 0 Å². The molecule has 0 aromatic carbocycles. The highest BCUT2D eigenvalue weighted by Crippen LogP contribution is 2.24. The minimum atomic E-state index is 0.519. The summed E-state index contributed by atoms with van der Waals surface area (Å²) in [6.07, 6.45) is 0. The molecule has 0 aliphatic carbocycles. The first kappa shape index (κ1) is 14.6. The molecule has 20 heavy (non-hydrogen) atoms. The number of hydrogen-bond acceptors (Lipinski definition) is 7. The fourth-order valence-electron chi connectivity index (χ4n) is 1.80. The van der Waals surface area contributed by atoms with E-state index in [1.165, 1.54) is 0 Å². The number of nitrogens with one attached hydrogen (secondary N) is 1. The van der Waals surface area contributed by atoms with Gasteiger partial charge in [-0.2, -0.15) is 15.0 Å². The molecule has 2 rings (SSSR count). The van der Waals surface area contributed by atoms with Crippen LogP contribution in [0.25, 0.3) is 11.5 Å². The maximum absolute atomic E-state index is 4.52. The molecule has 0 aliphatic heterocycles. The molecule has 0 unspecified atom stereocenters. The van der Waals surface area contributed by atoms with E-state index >= 15 is 0 Å². The van der Waals surface area contributed by atoms with Crippen molar-refractivity contribution in [3.63, 3.8) is 0 Å². The van der Waals surface area contributed by atoms with Gasteiger partial charge in [-0.05, 0) is 29.8 Å². The number of rotatable bonds is 5. The molecule has 2 heterocycles. The molecule has 0 fully saturated rings. The highest BCUT2D eigenvalue weighted by molar-refractivity contribution is 9.10. The van der Waals surface area contributed by atoms with E-state index in [0.717, 1.165) is 18.8 Å². The average molecular weight is 341 g/mol. The zero-order valence-corrected chi connectivity index (χ0v) is 13.5. The van der Waals surface area contributed by atoms with Gasteiger partial charge in [0, 0.05) is 27.2 Å². The van der Waals surface area contributed by atoms with Crippen LogP contribution in [0.5, 0.6) is 0 Å². The second-order valence-corrected chi connectivity index (χ2v) is 4.81. The van der Waals surface area contributed by atoms with Crippen molar-refractivity contribution in [3.05, 3.63) is 4.60 Å². The van der Waals surface area contributed by atoms with Gasteiger partial charge in [-0.1, -0.05) is 5.21 Å². The second kappa shape index (κ2) is 6.12. The summed E-state index contributed by atoms with van der Waals surface area (Å²) in [7, 11) is 3.58.